The molecular formula is C16H16N2OS. The van der Waals surface area contributed by atoms with E-state index in [1.807, 2.05) is 19.1 Å². The lowest BCUT2D eigenvalue weighted by molar-refractivity contribution is 0.461. The Morgan fingerprint density at radius 1 is 1.20 bits per heavy atom. The first kappa shape index (κ1) is 13.1. The minimum absolute atomic E-state index is 0.356. The molecular weight excluding hydrogens is 268 g/mol. The van der Waals surface area contributed by atoms with Gasteiger partial charge in [-0.1, -0.05) is 18.3 Å². The number of hydrogen-bond acceptors (Lipinski definition) is 3. The fourth-order valence-corrected chi connectivity index (χ4v) is 2.68. The van der Waals surface area contributed by atoms with E-state index in [0.29, 0.717) is 10.9 Å². The highest BCUT2D eigenvalue weighted by Crippen LogP contribution is 2.28. The quantitative estimate of drug-likeness (QED) is 0.879. The van der Waals surface area contributed by atoms with Crippen LogP contribution in [-0.2, 0) is 12.8 Å². The van der Waals surface area contributed by atoms with Gasteiger partial charge < -0.3 is 10.5 Å². The zero-order chi connectivity index (χ0) is 14.1. The summed E-state index contributed by atoms with van der Waals surface area (Å²) < 4.78 is 5.85. The number of rotatable bonds is 3. The number of benzene rings is 1. The van der Waals surface area contributed by atoms with Gasteiger partial charge in [0.25, 0.3) is 0 Å². The average Bonchev–Trinajstić information content (AvgIpc) is 2.85. The molecule has 4 heteroatoms. The van der Waals surface area contributed by atoms with Crippen LogP contribution in [0.15, 0.2) is 30.3 Å². The first-order valence-electron chi connectivity index (χ1n) is 6.70. The average molecular weight is 284 g/mol. The van der Waals surface area contributed by atoms with Gasteiger partial charge in [-0.05, 0) is 55.5 Å². The summed E-state index contributed by atoms with van der Waals surface area (Å²) in [6.07, 6.45) is 3.53. The Morgan fingerprint density at radius 2 is 2.00 bits per heavy atom. The topological polar surface area (TPSA) is 48.1 Å². The summed E-state index contributed by atoms with van der Waals surface area (Å²) >= 11 is 5.01. The molecule has 0 fully saturated rings. The van der Waals surface area contributed by atoms with E-state index < -0.39 is 0 Å². The highest BCUT2D eigenvalue weighted by molar-refractivity contribution is 7.80. The number of aryl methyl sites for hydroxylation is 3. The maximum Gasteiger partial charge on any atom is 0.220 e. The summed E-state index contributed by atoms with van der Waals surface area (Å²) in [6.45, 7) is 1.90. The fraction of sp³-hybridized carbons (Fsp3) is 0.250. The van der Waals surface area contributed by atoms with E-state index in [1.54, 1.807) is 6.07 Å². The van der Waals surface area contributed by atoms with E-state index in [-0.39, 0.29) is 0 Å². The van der Waals surface area contributed by atoms with E-state index in [1.165, 1.54) is 24.0 Å². The second-order valence-electron chi connectivity index (χ2n) is 5.09. The predicted molar refractivity (Wildman–Crippen MR) is 83.4 cm³/mol. The van der Waals surface area contributed by atoms with Crippen LogP contribution in [0.4, 0.5) is 0 Å². The molecule has 0 saturated carbocycles. The highest BCUT2D eigenvalue weighted by Gasteiger charge is 2.12. The summed E-state index contributed by atoms with van der Waals surface area (Å²) in [5.41, 5.74) is 10.1. The van der Waals surface area contributed by atoms with Crippen molar-refractivity contribution in [2.24, 2.45) is 5.73 Å². The van der Waals surface area contributed by atoms with E-state index in [0.717, 1.165) is 23.4 Å². The van der Waals surface area contributed by atoms with Crippen molar-refractivity contribution in [3.63, 3.8) is 0 Å². The number of hydrogen-bond donors (Lipinski definition) is 1. The van der Waals surface area contributed by atoms with Crippen LogP contribution in [0.5, 0.6) is 11.6 Å². The summed E-state index contributed by atoms with van der Waals surface area (Å²) in [4.78, 5) is 4.72. The number of thiocarbonyl (C=S) groups is 1. The molecule has 0 bridgehead atoms. The van der Waals surface area contributed by atoms with E-state index in [4.69, 9.17) is 22.7 Å². The minimum atomic E-state index is 0.356. The van der Waals surface area contributed by atoms with Gasteiger partial charge >= 0.3 is 0 Å². The van der Waals surface area contributed by atoms with Gasteiger partial charge in [0.05, 0.1) is 0 Å². The van der Waals surface area contributed by atoms with Gasteiger partial charge in [0.15, 0.2) is 0 Å². The normalized spacial score (nSPS) is 13.1. The van der Waals surface area contributed by atoms with Crippen LogP contribution in [0.3, 0.4) is 0 Å². The lowest BCUT2D eigenvalue weighted by Crippen LogP contribution is -2.10. The van der Waals surface area contributed by atoms with Crippen LogP contribution in [-0.4, -0.2) is 9.97 Å². The molecule has 0 amide bonds. The molecule has 1 aliphatic carbocycles. The largest absolute Gasteiger partial charge is 0.439 e. The molecule has 1 heterocycles. The molecule has 2 aromatic rings. The van der Waals surface area contributed by atoms with Gasteiger partial charge in [-0.25, -0.2) is 4.98 Å². The van der Waals surface area contributed by atoms with Crippen LogP contribution in [0, 0.1) is 6.92 Å². The van der Waals surface area contributed by atoms with Crippen molar-refractivity contribution in [1.29, 1.82) is 0 Å². The summed E-state index contributed by atoms with van der Waals surface area (Å²) in [7, 11) is 0. The van der Waals surface area contributed by atoms with E-state index in [2.05, 4.69) is 17.1 Å². The molecule has 20 heavy (non-hydrogen) atoms. The van der Waals surface area contributed by atoms with Gasteiger partial charge in [-0.15, -0.1) is 0 Å². The smallest absolute Gasteiger partial charge is 0.220 e. The Morgan fingerprint density at radius 3 is 2.80 bits per heavy atom. The first-order chi connectivity index (χ1) is 9.61. The lowest BCUT2D eigenvalue weighted by atomic mass is 10.1. The molecule has 3 nitrogen and oxygen atoms in total. The standard InChI is InChI=1S/C16H16N2OS/c1-10-7-13(16(17)20)9-15(18-10)19-14-6-5-11-3-2-4-12(11)8-14/h5-9H,2-4H2,1H3,(H2,17,20). The molecule has 0 radical (unpaired) electrons. The van der Waals surface area contributed by atoms with Crippen molar-refractivity contribution in [1.82, 2.24) is 4.98 Å². The van der Waals surface area contributed by atoms with Gasteiger partial charge in [-0.2, -0.15) is 0 Å². The van der Waals surface area contributed by atoms with Crippen molar-refractivity contribution < 1.29 is 4.74 Å². The van der Waals surface area contributed by atoms with Crippen molar-refractivity contribution in [3.8, 4) is 11.6 Å². The minimum Gasteiger partial charge on any atom is -0.439 e. The van der Waals surface area contributed by atoms with Gasteiger partial charge in [0, 0.05) is 17.3 Å². The van der Waals surface area contributed by atoms with Gasteiger partial charge in [0.1, 0.15) is 10.7 Å². The maximum atomic E-state index is 5.85. The molecule has 0 unspecified atom stereocenters. The second kappa shape index (κ2) is 5.21. The number of aromatic nitrogens is 1. The Bertz CT molecular complexity index is 682. The molecule has 0 saturated heterocycles. The van der Waals surface area contributed by atoms with Crippen LogP contribution in [0.25, 0.3) is 0 Å². The Kier molecular flexibility index (Phi) is 3.40. The zero-order valence-electron chi connectivity index (χ0n) is 11.3. The Labute approximate surface area is 123 Å². The van der Waals surface area contributed by atoms with Crippen molar-refractivity contribution in [2.75, 3.05) is 0 Å². The fourth-order valence-electron chi connectivity index (χ4n) is 2.57. The molecule has 0 aliphatic heterocycles. The van der Waals surface area contributed by atoms with E-state index >= 15 is 0 Å². The third kappa shape index (κ3) is 2.65. The molecule has 1 aromatic heterocycles. The van der Waals surface area contributed by atoms with Crippen molar-refractivity contribution >= 4 is 17.2 Å². The summed E-state index contributed by atoms with van der Waals surface area (Å²) in [6, 6.07) is 9.88. The third-order valence-electron chi connectivity index (χ3n) is 3.51. The predicted octanol–water partition coefficient (Wildman–Crippen LogP) is 3.31. The van der Waals surface area contributed by atoms with E-state index in [9.17, 15) is 0 Å². The molecule has 102 valence electrons. The Balaban J connectivity index is 1.89. The number of nitrogens with two attached hydrogens (primary N) is 1. The summed E-state index contributed by atoms with van der Waals surface area (Å²) in [5.74, 6) is 1.35. The van der Waals surface area contributed by atoms with Crippen molar-refractivity contribution in [2.45, 2.75) is 26.2 Å². The summed E-state index contributed by atoms with van der Waals surface area (Å²) in [5, 5.41) is 0. The van der Waals surface area contributed by atoms with Crippen LogP contribution >= 0.6 is 12.2 Å². The van der Waals surface area contributed by atoms with Gasteiger partial charge in [-0.3, -0.25) is 0 Å². The molecule has 1 aliphatic rings. The van der Waals surface area contributed by atoms with Crippen LogP contribution < -0.4 is 10.5 Å². The second-order valence-corrected chi connectivity index (χ2v) is 5.53. The molecule has 2 N–H and O–H groups in total. The molecule has 1 aromatic carbocycles. The molecule has 3 rings (SSSR count). The highest BCUT2D eigenvalue weighted by atomic mass is 32.1. The molecule has 0 spiro atoms. The number of nitrogens with zero attached hydrogens (tertiary/aromatic N) is 1. The SMILES string of the molecule is Cc1cc(C(N)=S)cc(Oc2ccc3c(c2)CCC3)n1. The number of ether oxygens (including phenoxy) is 1. The lowest BCUT2D eigenvalue weighted by Gasteiger charge is -2.09. The zero-order valence-corrected chi connectivity index (χ0v) is 12.2. The molecule has 0 atom stereocenters. The monoisotopic (exact) mass is 284 g/mol. The van der Waals surface area contributed by atoms with Gasteiger partial charge in [0.2, 0.25) is 5.88 Å². The van der Waals surface area contributed by atoms with Crippen LogP contribution in [0.1, 0.15) is 28.8 Å². The van der Waals surface area contributed by atoms with Crippen LogP contribution in [0.2, 0.25) is 0 Å². The number of pyridine rings is 1. The Hall–Kier alpha value is -1.94. The first-order valence-corrected chi connectivity index (χ1v) is 7.11. The third-order valence-corrected chi connectivity index (χ3v) is 3.74. The maximum absolute atomic E-state index is 5.85. The number of fused-ring (bicyclic) bond motifs is 1. The van der Waals surface area contributed by atoms with Crippen molar-refractivity contribution in [3.05, 3.63) is 52.7 Å².